The Balaban J connectivity index is 2.73. The number of anilines is 1. The van der Waals surface area contributed by atoms with Crippen LogP contribution in [0.25, 0.3) is 0 Å². The van der Waals surface area contributed by atoms with Crippen LogP contribution in [0, 0.1) is 0 Å². The molecule has 78 valence electrons. The predicted molar refractivity (Wildman–Crippen MR) is 68.2 cm³/mol. The summed E-state index contributed by atoms with van der Waals surface area (Å²) >= 11 is 6.96. The Bertz CT molecular complexity index is 279. The van der Waals surface area contributed by atoms with Crippen LogP contribution < -0.4 is 4.90 Å². The largest absolute Gasteiger partial charge is 0.371 e. The molecule has 4 heteroatoms. The van der Waals surface area contributed by atoms with Crippen LogP contribution in [-0.2, 0) is 0 Å². The predicted octanol–water partition coefficient (Wildman–Crippen LogP) is 3.46. The van der Waals surface area contributed by atoms with E-state index in [-0.39, 0.29) is 0 Å². The van der Waals surface area contributed by atoms with Crippen LogP contribution in [0.5, 0.6) is 0 Å². The molecular formula is C10H14Br2N2. The highest BCUT2D eigenvalue weighted by Crippen LogP contribution is 2.24. The van der Waals surface area contributed by atoms with E-state index in [2.05, 4.69) is 48.7 Å². The summed E-state index contributed by atoms with van der Waals surface area (Å²) in [7, 11) is 0. The maximum absolute atomic E-state index is 4.06. The highest BCUT2D eigenvalue weighted by molar-refractivity contribution is 9.10. The van der Waals surface area contributed by atoms with E-state index in [1.807, 2.05) is 18.5 Å². The summed E-state index contributed by atoms with van der Waals surface area (Å²) in [6.07, 6.45) is 4.83. The Kier molecular flexibility index (Phi) is 5.48. The van der Waals surface area contributed by atoms with Crippen molar-refractivity contribution in [3.05, 3.63) is 22.9 Å². The van der Waals surface area contributed by atoms with E-state index in [0.717, 1.165) is 29.3 Å². The topological polar surface area (TPSA) is 16.1 Å². The third-order valence-corrected chi connectivity index (χ3v) is 3.21. The Morgan fingerprint density at radius 3 is 2.86 bits per heavy atom. The van der Waals surface area contributed by atoms with Gasteiger partial charge in [-0.2, -0.15) is 0 Å². The number of hydrogen-bond acceptors (Lipinski definition) is 2. The molecule has 0 N–H and O–H groups in total. The van der Waals surface area contributed by atoms with E-state index >= 15 is 0 Å². The number of rotatable bonds is 5. The smallest absolute Gasteiger partial charge is 0.0592 e. The average Bonchev–Trinajstić information content (AvgIpc) is 2.21. The lowest BCUT2D eigenvalue weighted by molar-refractivity contribution is 0.796. The molecule has 0 unspecified atom stereocenters. The lowest BCUT2D eigenvalue weighted by atomic mass is 10.3. The van der Waals surface area contributed by atoms with Crippen molar-refractivity contribution < 1.29 is 0 Å². The zero-order valence-corrected chi connectivity index (χ0v) is 11.4. The molecular weight excluding hydrogens is 308 g/mol. The minimum Gasteiger partial charge on any atom is -0.371 e. The molecule has 0 aliphatic heterocycles. The summed E-state index contributed by atoms with van der Waals surface area (Å²) in [5.41, 5.74) is 1.23. The molecule has 2 nitrogen and oxygen atoms in total. The monoisotopic (exact) mass is 320 g/mol. The van der Waals surface area contributed by atoms with Gasteiger partial charge in [-0.15, -0.1) is 0 Å². The van der Waals surface area contributed by atoms with Gasteiger partial charge < -0.3 is 4.90 Å². The first-order chi connectivity index (χ1) is 6.79. The van der Waals surface area contributed by atoms with Gasteiger partial charge in [0.15, 0.2) is 0 Å². The molecule has 0 aliphatic rings. The molecule has 0 radical (unpaired) electrons. The van der Waals surface area contributed by atoms with Crippen LogP contribution in [0.15, 0.2) is 22.9 Å². The lowest BCUT2D eigenvalue weighted by Gasteiger charge is -2.23. The molecule has 0 saturated carbocycles. The fourth-order valence-corrected chi connectivity index (χ4v) is 2.08. The molecule has 0 aliphatic carbocycles. The van der Waals surface area contributed by atoms with Crippen LogP contribution in [0.4, 0.5) is 5.69 Å². The average molecular weight is 322 g/mol. The van der Waals surface area contributed by atoms with E-state index in [0.29, 0.717) is 0 Å². The van der Waals surface area contributed by atoms with Gasteiger partial charge in [-0.05, 0) is 35.3 Å². The van der Waals surface area contributed by atoms with Crippen molar-refractivity contribution in [2.75, 3.05) is 23.3 Å². The van der Waals surface area contributed by atoms with Gasteiger partial charge in [0.25, 0.3) is 0 Å². The third-order valence-electron chi connectivity index (χ3n) is 2.04. The second kappa shape index (κ2) is 6.40. The highest BCUT2D eigenvalue weighted by atomic mass is 79.9. The van der Waals surface area contributed by atoms with Crippen molar-refractivity contribution in [2.24, 2.45) is 0 Å². The quantitative estimate of drug-likeness (QED) is 0.772. The molecule has 0 aromatic carbocycles. The maximum Gasteiger partial charge on any atom is 0.0592 e. The maximum atomic E-state index is 4.06. The molecule has 1 heterocycles. The SMILES string of the molecule is CCN(CCCBr)c1ccncc1Br. The Morgan fingerprint density at radius 2 is 2.29 bits per heavy atom. The highest BCUT2D eigenvalue weighted by Gasteiger charge is 2.06. The van der Waals surface area contributed by atoms with Crippen LogP contribution in [0.3, 0.4) is 0 Å². The van der Waals surface area contributed by atoms with Crippen LogP contribution in [0.2, 0.25) is 0 Å². The van der Waals surface area contributed by atoms with E-state index in [1.165, 1.54) is 5.69 Å². The molecule has 0 amide bonds. The normalized spacial score (nSPS) is 10.2. The molecule has 0 saturated heterocycles. The summed E-state index contributed by atoms with van der Waals surface area (Å²) in [6, 6.07) is 2.04. The minimum absolute atomic E-state index is 1.02. The first-order valence-electron chi connectivity index (χ1n) is 4.70. The van der Waals surface area contributed by atoms with Gasteiger partial charge >= 0.3 is 0 Å². The molecule has 0 bridgehead atoms. The number of hydrogen-bond donors (Lipinski definition) is 0. The number of halogens is 2. The summed E-state index contributed by atoms with van der Waals surface area (Å²) < 4.78 is 1.07. The van der Waals surface area contributed by atoms with E-state index in [9.17, 15) is 0 Å². The van der Waals surface area contributed by atoms with E-state index < -0.39 is 0 Å². The molecule has 1 aromatic heterocycles. The van der Waals surface area contributed by atoms with Gasteiger partial charge in [0, 0.05) is 30.8 Å². The molecule has 0 atom stereocenters. The fraction of sp³-hybridized carbons (Fsp3) is 0.500. The van der Waals surface area contributed by atoms with E-state index in [4.69, 9.17) is 0 Å². The molecule has 1 aromatic rings. The van der Waals surface area contributed by atoms with Gasteiger partial charge in [-0.25, -0.2) is 0 Å². The minimum atomic E-state index is 1.02. The zero-order chi connectivity index (χ0) is 10.4. The van der Waals surface area contributed by atoms with Gasteiger partial charge in [0.05, 0.1) is 10.2 Å². The second-order valence-corrected chi connectivity index (χ2v) is 4.60. The first kappa shape index (κ1) is 12.0. The Hall–Kier alpha value is -0.0900. The lowest BCUT2D eigenvalue weighted by Crippen LogP contribution is -2.24. The van der Waals surface area contributed by atoms with Gasteiger partial charge in [0.1, 0.15) is 0 Å². The van der Waals surface area contributed by atoms with Crippen LogP contribution >= 0.6 is 31.9 Å². The van der Waals surface area contributed by atoms with E-state index in [1.54, 1.807) is 0 Å². The fourth-order valence-electron chi connectivity index (χ4n) is 1.32. The van der Waals surface area contributed by atoms with Crippen LogP contribution in [-0.4, -0.2) is 23.4 Å². The van der Waals surface area contributed by atoms with Crippen molar-refractivity contribution in [2.45, 2.75) is 13.3 Å². The van der Waals surface area contributed by atoms with Crippen molar-refractivity contribution in [1.82, 2.24) is 4.98 Å². The Morgan fingerprint density at radius 1 is 1.50 bits per heavy atom. The van der Waals surface area contributed by atoms with Gasteiger partial charge in [-0.3, -0.25) is 4.98 Å². The van der Waals surface area contributed by atoms with Crippen molar-refractivity contribution in [3.63, 3.8) is 0 Å². The van der Waals surface area contributed by atoms with Gasteiger partial charge in [0.2, 0.25) is 0 Å². The summed E-state index contributed by atoms with van der Waals surface area (Å²) in [5, 5.41) is 1.05. The van der Waals surface area contributed by atoms with Crippen molar-refractivity contribution in [3.8, 4) is 0 Å². The van der Waals surface area contributed by atoms with Gasteiger partial charge in [-0.1, -0.05) is 15.9 Å². The standard InChI is InChI=1S/C10H14Br2N2/c1-2-14(7-3-5-11)10-4-6-13-8-9(10)12/h4,6,8H,2-3,5,7H2,1H3. The zero-order valence-electron chi connectivity index (χ0n) is 8.21. The third kappa shape index (κ3) is 3.24. The number of pyridine rings is 1. The molecule has 1 rings (SSSR count). The second-order valence-electron chi connectivity index (χ2n) is 2.95. The Labute approximate surface area is 102 Å². The number of alkyl halides is 1. The molecule has 14 heavy (non-hydrogen) atoms. The first-order valence-corrected chi connectivity index (χ1v) is 6.61. The summed E-state index contributed by atoms with van der Waals surface area (Å²) in [4.78, 5) is 6.40. The number of nitrogens with zero attached hydrogens (tertiary/aromatic N) is 2. The van der Waals surface area contributed by atoms with Crippen LogP contribution in [0.1, 0.15) is 13.3 Å². The number of aromatic nitrogens is 1. The molecule has 0 fully saturated rings. The summed E-state index contributed by atoms with van der Waals surface area (Å²) in [6.45, 7) is 4.26. The molecule has 0 spiro atoms. The van der Waals surface area contributed by atoms with Crippen molar-refractivity contribution in [1.29, 1.82) is 0 Å². The summed E-state index contributed by atoms with van der Waals surface area (Å²) in [5.74, 6) is 0. The van der Waals surface area contributed by atoms with Crippen molar-refractivity contribution >= 4 is 37.5 Å².